The fourth-order valence-corrected chi connectivity index (χ4v) is 9.07. The van der Waals surface area contributed by atoms with E-state index in [2.05, 4.69) is 31.9 Å². The van der Waals surface area contributed by atoms with Crippen molar-refractivity contribution in [1.29, 1.82) is 0 Å². The third-order valence-corrected chi connectivity index (χ3v) is 12.0. The molecule has 0 unspecified atom stereocenters. The molecule has 1 aliphatic rings. The van der Waals surface area contributed by atoms with Crippen LogP contribution in [-0.2, 0) is 6.42 Å². The quantitative estimate of drug-likeness (QED) is 0.144. The number of fused-ring (bicyclic) bond motifs is 14. The summed E-state index contributed by atoms with van der Waals surface area (Å²) in [6.45, 7) is 0. The lowest BCUT2D eigenvalue weighted by Crippen LogP contribution is -1.93. The first-order chi connectivity index (χ1) is 38.7. The Morgan fingerprint density at radius 2 is 1.02 bits per heavy atom. The summed E-state index contributed by atoms with van der Waals surface area (Å²) in [5.74, 6) is 0. The largest absolute Gasteiger partial charge is 0.308 e. The summed E-state index contributed by atoms with van der Waals surface area (Å²) in [5, 5.41) is 0.185. The fourth-order valence-electron chi connectivity index (χ4n) is 6.18. The molecule has 0 spiro atoms. The lowest BCUT2D eigenvalue weighted by molar-refractivity contribution is 1.19. The molecule has 0 aliphatic heterocycles. The van der Waals surface area contributed by atoms with Crippen molar-refractivity contribution >= 4 is 139 Å². The second-order valence-corrected chi connectivity index (χ2v) is 16.2. The number of para-hydroxylation sites is 1. The van der Waals surface area contributed by atoms with Gasteiger partial charge in [0.1, 0.15) is 0 Å². The van der Waals surface area contributed by atoms with E-state index < -0.39 is 90.6 Å². The molecule has 3 aromatic heterocycles. The van der Waals surface area contributed by atoms with Gasteiger partial charge in [0, 0.05) is 71.0 Å². The monoisotopic (exact) mass is 1040 g/mol. The van der Waals surface area contributed by atoms with E-state index in [9.17, 15) is 0 Å². The standard InChI is InChI=1S/C24H14BrNS.C19H12S.C6H4BrI.2CH4/c25-15-9-11-16(12-10-15)26-21-7-3-1-5-17(21)19-13-14-20-18-6-2-4-8-22(18)27-24(20)23(19)26;1-2-6-13-12(5-1)11-17-14(13)9-10-16-15-7-3-4-8-18(15)20-19(16)17;7-5-1-3-6(8)4-2-5;;/h1-14H;1-10H,11H2;1-4H;2*1H4/i1D,2D,3D,4D,5D,6D,7D,8D,9D,10D,11D,12D,13D,14D;1D,2D,3D,4D,5D,6D,7D,8D,9D,10D;1D,2D,3D,4D;;. The smallest absolute Gasteiger partial charge is 0.0719 e. The number of benzene rings is 8. The van der Waals surface area contributed by atoms with E-state index in [-0.39, 0.29) is 178 Å². The Labute approximate surface area is 411 Å². The first-order valence-corrected chi connectivity index (χ1v) is 20.1. The van der Waals surface area contributed by atoms with Gasteiger partial charge in [0.2, 0.25) is 0 Å². The number of hydrogen-bond acceptors (Lipinski definition) is 2. The second-order valence-electron chi connectivity index (χ2n) is 11.5. The van der Waals surface area contributed by atoms with E-state index in [0.717, 1.165) is 27.2 Å². The normalized spacial score (nSPS) is 18.3. The van der Waals surface area contributed by atoms with Crippen LogP contribution in [0.2, 0.25) is 0 Å². The predicted octanol–water partition coefficient (Wildman–Crippen LogP) is 17.9. The second kappa shape index (κ2) is 16.5. The highest BCUT2D eigenvalue weighted by atomic mass is 127. The van der Waals surface area contributed by atoms with Crippen molar-refractivity contribution in [3.8, 4) is 16.8 Å². The summed E-state index contributed by atoms with van der Waals surface area (Å²) in [7, 11) is 0. The zero-order valence-electron chi connectivity index (χ0n) is 55.1. The summed E-state index contributed by atoms with van der Waals surface area (Å²) < 4.78 is 234. The Morgan fingerprint density at radius 3 is 1.72 bits per heavy atom. The van der Waals surface area contributed by atoms with Crippen molar-refractivity contribution < 1.29 is 38.4 Å². The summed E-state index contributed by atoms with van der Waals surface area (Å²) >= 11 is 9.84. The summed E-state index contributed by atoms with van der Waals surface area (Å²) in [6.07, 6.45) is 0.152. The number of thiophene rings is 2. The molecule has 12 rings (SSSR count). The molecule has 0 radical (unpaired) electrons. The Balaban J connectivity index is 0.000000187. The molecule has 0 saturated carbocycles. The molecule has 280 valence electrons. The first kappa shape index (κ1) is 18.3. The summed E-state index contributed by atoms with van der Waals surface area (Å²) in [4.78, 5) is 0. The van der Waals surface area contributed by atoms with E-state index >= 15 is 0 Å². The minimum atomic E-state index is -0.635. The first-order valence-electron chi connectivity index (χ1n) is 29.8. The average Bonchev–Trinajstić information content (AvgIpc) is 1.55. The van der Waals surface area contributed by atoms with Gasteiger partial charge in [-0.05, 0) is 111 Å². The highest BCUT2D eigenvalue weighted by Crippen LogP contribution is 2.46. The molecule has 6 heteroatoms. The number of aromatic nitrogens is 1. The van der Waals surface area contributed by atoms with Crippen molar-refractivity contribution in [2.24, 2.45) is 0 Å². The van der Waals surface area contributed by atoms with E-state index in [4.69, 9.17) is 38.4 Å². The van der Waals surface area contributed by atoms with Gasteiger partial charge in [0.15, 0.2) is 0 Å². The minimum absolute atomic E-state index is 0. The topological polar surface area (TPSA) is 4.93 Å². The van der Waals surface area contributed by atoms with Crippen LogP contribution in [0.25, 0.3) is 79.0 Å². The molecule has 8 aromatic carbocycles. The summed E-state index contributed by atoms with van der Waals surface area (Å²) in [5.41, 5.74) is 0.851. The zero-order chi connectivity index (χ0) is 61.4. The van der Waals surface area contributed by atoms with Gasteiger partial charge in [-0.1, -0.05) is 149 Å². The average molecular weight is 1040 g/mol. The van der Waals surface area contributed by atoms with Crippen molar-refractivity contribution in [3.63, 3.8) is 0 Å². The number of nitrogens with zero attached hydrogens (tertiary/aromatic N) is 1. The third kappa shape index (κ3) is 7.14. The van der Waals surface area contributed by atoms with Crippen molar-refractivity contribution in [2.75, 3.05) is 0 Å². The van der Waals surface area contributed by atoms with Crippen LogP contribution in [0.3, 0.4) is 0 Å². The van der Waals surface area contributed by atoms with Gasteiger partial charge < -0.3 is 4.57 Å². The van der Waals surface area contributed by atoms with Crippen molar-refractivity contribution in [2.45, 2.75) is 21.3 Å². The Morgan fingerprint density at radius 1 is 0.491 bits per heavy atom. The number of halogens is 3. The van der Waals surface area contributed by atoms with E-state index in [1.54, 1.807) is 22.6 Å². The number of hydrogen-bond donors (Lipinski definition) is 0. The van der Waals surface area contributed by atoms with Gasteiger partial charge >= 0.3 is 0 Å². The van der Waals surface area contributed by atoms with Crippen LogP contribution >= 0.6 is 77.1 Å². The van der Waals surface area contributed by atoms with E-state index in [1.165, 1.54) is 0 Å². The van der Waals surface area contributed by atoms with Gasteiger partial charge in [-0.2, -0.15) is 0 Å². The maximum Gasteiger partial charge on any atom is 0.0719 e. The molecular weight excluding hydrogens is 977 g/mol. The lowest BCUT2D eigenvalue weighted by Gasteiger charge is -2.08. The Bertz CT molecular complexity index is 4730. The molecule has 0 amide bonds. The Hall–Kier alpha value is -4.31. The fraction of sp³-hybridized carbons (Fsp3) is 0.0588. The Kier molecular flexibility index (Phi) is 5.30. The van der Waals surface area contributed by atoms with E-state index in [1.807, 2.05) is 0 Å². The van der Waals surface area contributed by atoms with Crippen LogP contribution in [0.4, 0.5) is 0 Å². The molecule has 3 heterocycles. The third-order valence-electron chi connectivity index (χ3n) is 8.42. The molecule has 0 N–H and O–H groups in total. The highest BCUT2D eigenvalue weighted by molar-refractivity contribution is 14.1. The van der Waals surface area contributed by atoms with Gasteiger partial charge in [-0.3, -0.25) is 0 Å². The molecular formula is C51H38Br2INS2. The maximum absolute atomic E-state index is 8.96. The maximum atomic E-state index is 8.96. The summed E-state index contributed by atoms with van der Waals surface area (Å²) in [6, 6.07) is -9.94. The zero-order valence-corrected chi connectivity index (χ0v) is 34.1. The van der Waals surface area contributed by atoms with Crippen LogP contribution in [-0.4, -0.2) is 4.57 Å². The lowest BCUT2D eigenvalue weighted by atomic mass is 10.0. The van der Waals surface area contributed by atoms with Gasteiger partial charge in [-0.25, -0.2) is 0 Å². The molecule has 0 atom stereocenters. The predicted molar refractivity (Wildman–Crippen MR) is 269 cm³/mol. The molecule has 11 aromatic rings. The van der Waals surface area contributed by atoms with Crippen molar-refractivity contribution in [1.82, 2.24) is 4.57 Å². The van der Waals surface area contributed by atoms with Crippen molar-refractivity contribution in [3.05, 3.63) is 193 Å². The van der Waals surface area contributed by atoms with Gasteiger partial charge in [-0.15, -0.1) is 22.7 Å². The molecule has 0 fully saturated rings. The minimum Gasteiger partial charge on any atom is -0.308 e. The SMILES string of the molecule is C.C.[2H]c1c([2H])c(-n2c3c([2H])c([2H])c([2H])c([2H])c3c3c([2H])c([2H])c4c(sc5c([2H])c([2H])c([2H])c([2H])c54)c32)c([2H])c([2H])c1Br.[2H]c1c([2H])c(I)c([2H])c([2H])c1Br.[2H]c1c([2H])c([2H])c2c(c1[2H])Cc1c-2c([2H])c([2H])c2c1sc1c([2H])c([2H])c([2H])c([2H])c12. The number of rotatable bonds is 1. The molecule has 1 aliphatic carbocycles. The highest BCUT2D eigenvalue weighted by Gasteiger charge is 2.22. The molecule has 57 heavy (non-hydrogen) atoms. The van der Waals surface area contributed by atoms with Crippen LogP contribution in [0, 0.1) is 3.57 Å². The molecule has 0 bridgehead atoms. The van der Waals surface area contributed by atoms with E-state index in [0.29, 0.717) is 24.1 Å². The van der Waals surface area contributed by atoms with Crippen LogP contribution in [0.1, 0.15) is 64.4 Å². The van der Waals surface area contributed by atoms with Gasteiger partial charge in [0.25, 0.3) is 0 Å². The molecule has 1 nitrogen and oxygen atoms in total. The van der Waals surface area contributed by atoms with Crippen LogP contribution in [0.15, 0.2) is 178 Å². The van der Waals surface area contributed by atoms with Crippen LogP contribution in [0.5, 0.6) is 0 Å². The van der Waals surface area contributed by atoms with Crippen LogP contribution < -0.4 is 0 Å². The van der Waals surface area contributed by atoms with Gasteiger partial charge in [0.05, 0.1) is 54.1 Å². The molecule has 0 saturated heterocycles.